The number of urea groups is 2. The summed E-state index contributed by atoms with van der Waals surface area (Å²) in [6.07, 6.45) is 2.64. The molecule has 10 heteroatoms. The van der Waals surface area contributed by atoms with E-state index in [0.29, 0.717) is 12.8 Å². The summed E-state index contributed by atoms with van der Waals surface area (Å²) in [5, 5.41) is 5.04. The van der Waals surface area contributed by atoms with Crippen molar-refractivity contribution in [2.75, 3.05) is 13.2 Å². The van der Waals surface area contributed by atoms with E-state index in [1.165, 1.54) is 0 Å². The lowest BCUT2D eigenvalue weighted by atomic mass is 10.1. The fourth-order valence-electron chi connectivity index (χ4n) is 3.10. The molecular weight excluding hydrogens is 440 g/mol. The van der Waals surface area contributed by atoms with E-state index in [9.17, 15) is 19.2 Å². The van der Waals surface area contributed by atoms with Gasteiger partial charge in [0.1, 0.15) is 13.2 Å². The van der Waals surface area contributed by atoms with Crippen molar-refractivity contribution >= 4 is 24.0 Å². The number of carbonyl (C=O) groups excluding carboxylic acids is 4. The standard InChI is InChI=1S/C24H28N4O6/c25-23(31)27-19(13-17-7-3-1-4-8-17)15-33-21(29)11-12-22(30)34-16-20(28-24(26)32)14-18-9-5-2-6-10-18/h1-12,19-20H,13-16H2,(H3,25,27,31)(H3,26,28,32)/b12-11+/t19-,20-/m1/s1. The van der Waals surface area contributed by atoms with Gasteiger partial charge in [0.2, 0.25) is 0 Å². The molecule has 0 spiro atoms. The fourth-order valence-corrected chi connectivity index (χ4v) is 3.10. The maximum absolute atomic E-state index is 12.0. The molecule has 2 aromatic rings. The summed E-state index contributed by atoms with van der Waals surface area (Å²) in [6, 6.07) is 16.0. The Labute approximate surface area is 197 Å². The number of nitrogens with one attached hydrogen (secondary N) is 2. The Morgan fingerprint density at radius 1 is 0.676 bits per heavy atom. The van der Waals surface area contributed by atoms with E-state index in [2.05, 4.69) is 10.6 Å². The summed E-state index contributed by atoms with van der Waals surface area (Å²) in [4.78, 5) is 46.4. The second-order valence-corrected chi connectivity index (χ2v) is 7.38. The molecule has 0 fully saturated rings. The molecule has 0 radical (unpaired) electrons. The van der Waals surface area contributed by atoms with Gasteiger partial charge in [0.25, 0.3) is 0 Å². The van der Waals surface area contributed by atoms with Gasteiger partial charge in [-0.25, -0.2) is 19.2 Å². The number of rotatable bonds is 12. The van der Waals surface area contributed by atoms with Crippen LogP contribution in [0.25, 0.3) is 0 Å². The quantitative estimate of drug-likeness (QED) is 0.270. The largest absolute Gasteiger partial charge is 0.460 e. The van der Waals surface area contributed by atoms with Gasteiger partial charge >= 0.3 is 24.0 Å². The minimum absolute atomic E-state index is 0.141. The number of ether oxygens (including phenoxy) is 2. The Bertz CT molecular complexity index is 902. The lowest BCUT2D eigenvalue weighted by Gasteiger charge is -2.17. The zero-order valence-electron chi connectivity index (χ0n) is 18.5. The molecule has 0 heterocycles. The van der Waals surface area contributed by atoms with Crippen LogP contribution in [0.4, 0.5) is 9.59 Å². The molecule has 2 atom stereocenters. The van der Waals surface area contributed by atoms with Crippen LogP contribution in [0.3, 0.4) is 0 Å². The summed E-state index contributed by atoms with van der Waals surface area (Å²) in [6.45, 7) is -0.282. The molecule has 6 N–H and O–H groups in total. The number of esters is 2. The third kappa shape index (κ3) is 10.8. The molecule has 0 saturated carbocycles. The minimum atomic E-state index is -0.794. The molecule has 0 aliphatic heterocycles. The Balaban J connectivity index is 1.81. The van der Waals surface area contributed by atoms with Crippen LogP contribution >= 0.6 is 0 Å². The second kappa shape index (κ2) is 13.9. The Morgan fingerprint density at radius 3 is 1.35 bits per heavy atom. The third-order valence-corrected chi connectivity index (χ3v) is 4.55. The molecule has 0 unspecified atom stereocenters. The van der Waals surface area contributed by atoms with Crippen molar-refractivity contribution in [2.24, 2.45) is 11.5 Å². The molecule has 4 amide bonds. The summed E-state index contributed by atoms with van der Waals surface area (Å²) >= 11 is 0. The minimum Gasteiger partial charge on any atom is -0.460 e. The van der Waals surface area contributed by atoms with Gasteiger partial charge in [-0.1, -0.05) is 60.7 Å². The first kappa shape index (κ1) is 25.9. The number of nitrogens with two attached hydrogens (primary N) is 2. The molecule has 0 aliphatic rings. The first-order valence-corrected chi connectivity index (χ1v) is 10.5. The molecule has 0 saturated heterocycles. The van der Waals surface area contributed by atoms with Crippen molar-refractivity contribution in [3.05, 3.63) is 83.9 Å². The smallest absolute Gasteiger partial charge is 0.331 e. The summed E-state index contributed by atoms with van der Waals surface area (Å²) in [5.41, 5.74) is 12.2. The van der Waals surface area contributed by atoms with Crippen LogP contribution in [0.1, 0.15) is 11.1 Å². The van der Waals surface area contributed by atoms with Crippen LogP contribution in [-0.4, -0.2) is 49.3 Å². The van der Waals surface area contributed by atoms with Crippen molar-refractivity contribution < 1.29 is 28.7 Å². The molecular formula is C24H28N4O6. The molecule has 0 aliphatic carbocycles. The Morgan fingerprint density at radius 2 is 1.03 bits per heavy atom. The fraction of sp³-hybridized carbons (Fsp3) is 0.250. The van der Waals surface area contributed by atoms with E-state index >= 15 is 0 Å². The molecule has 34 heavy (non-hydrogen) atoms. The number of primary amides is 2. The highest BCUT2D eigenvalue weighted by atomic mass is 16.5. The van der Waals surface area contributed by atoms with E-state index in [1.807, 2.05) is 60.7 Å². The van der Waals surface area contributed by atoms with Gasteiger partial charge < -0.3 is 31.6 Å². The van der Waals surface area contributed by atoms with Gasteiger partial charge in [0.05, 0.1) is 12.1 Å². The highest BCUT2D eigenvalue weighted by molar-refractivity contribution is 5.91. The number of hydrogen-bond donors (Lipinski definition) is 4. The van der Waals surface area contributed by atoms with Gasteiger partial charge in [-0.3, -0.25) is 0 Å². The van der Waals surface area contributed by atoms with Crippen LogP contribution < -0.4 is 22.1 Å². The molecule has 2 aromatic carbocycles. The van der Waals surface area contributed by atoms with Crippen molar-refractivity contribution in [1.82, 2.24) is 10.6 Å². The second-order valence-electron chi connectivity index (χ2n) is 7.38. The van der Waals surface area contributed by atoms with Crippen LogP contribution in [0, 0.1) is 0 Å². The predicted molar refractivity (Wildman–Crippen MR) is 124 cm³/mol. The molecule has 180 valence electrons. The van der Waals surface area contributed by atoms with Gasteiger partial charge in [-0.05, 0) is 24.0 Å². The highest BCUT2D eigenvalue weighted by Gasteiger charge is 2.15. The van der Waals surface area contributed by atoms with Crippen molar-refractivity contribution in [3.8, 4) is 0 Å². The van der Waals surface area contributed by atoms with Crippen LogP contribution in [0.5, 0.6) is 0 Å². The lowest BCUT2D eigenvalue weighted by molar-refractivity contribution is -0.141. The van der Waals surface area contributed by atoms with Crippen molar-refractivity contribution in [3.63, 3.8) is 0 Å². The molecule has 2 rings (SSSR count). The van der Waals surface area contributed by atoms with Crippen molar-refractivity contribution in [2.45, 2.75) is 24.9 Å². The maximum atomic E-state index is 12.0. The van der Waals surface area contributed by atoms with E-state index in [0.717, 1.165) is 23.3 Å². The Kier molecular flexibility index (Phi) is 10.6. The van der Waals surface area contributed by atoms with Gasteiger partial charge in [0.15, 0.2) is 0 Å². The molecule has 10 nitrogen and oxygen atoms in total. The van der Waals surface area contributed by atoms with Crippen molar-refractivity contribution in [1.29, 1.82) is 0 Å². The summed E-state index contributed by atoms with van der Waals surface area (Å²) < 4.78 is 10.2. The monoisotopic (exact) mass is 468 g/mol. The average molecular weight is 469 g/mol. The average Bonchev–Trinajstić information content (AvgIpc) is 2.80. The molecule has 0 aromatic heterocycles. The lowest BCUT2D eigenvalue weighted by Crippen LogP contribution is -2.43. The van der Waals surface area contributed by atoms with E-state index < -0.39 is 36.1 Å². The number of carbonyl (C=O) groups is 4. The number of benzene rings is 2. The topological polar surface area (TPSA) is 163 Å². The summed E-state index contributed by atoms with van der Waals surface area (Å²) in [7, 11) is 0. The van der Waals surface area contributed by atoms with Crippen LogP contribution in [0.2, 0.25) is 0 Å². The number of hydrogen-bond acceptors (Lipinski definition) is 6. The number of amides is 4. The van der Waals surface area contributed by atoms with Crippen LogP contribution in [-0.2, 0) is 31.9 Å². The normalized spacial score (nSPS) is 12.4. The maximum Gasteiger partial charge on any atom is 0.331 e. The molecule has 0 bridgehead atoms. The van der Waals surface area contributed by atoms with Gasteiger partial charge in [-0.2, -0.15) is 0 Å². The van der Waals surface area contributed by atoms with Gasteiger partial charge in [0, 0.05) is 12.2 Å². The third-order valence-electron chi connectivity index (χ3n) is 4.55. The van der Waals surface area contributed by atoms with Crippen LogP contribution in [0.15, 0.2) is 72.8 Å². The highest BCUT2D eigenvalue weighted by Crippen LogP contribution is 2.05. The summed E-state index contributed by atoms with van der Waals surface area (Å²) in [5.74, 6) is -1.59. The van der Waals surface area contributed by atoms with E-state index in [-0.39, 0.29) is 13.2 Å². The van der Waals surface area contributed by atoms with Gasteiger partial charge in [-0.15, -0.1) is 0 Å². The predicted octanol–water partition coefficient (Wildman–Crippen LogP) is 1.19. The Hall–Kier alpha value is -4.34. The zero-order chi connectivity index (χ0) is 24.8. The van der Waals surface area contributed by atoms with E-state index in [1.54, 1.807) is 0 Å². The first-order valence-electron chi connectivity index (χ1n) is 10.5. The van der Waals surface area contributed by atoms with E-state index in [4.69, 9.17) is 20.9 Å². The zero-order valence-corrected chi connectivity index (χ0v) is 18.5. The SMILES string of the molecule is NC(=O)N[C@@H](COC(=O)/C=C/C(=O)OC[C@@H](Cc1ccccc1)NC(N)=O)Cc1ccccc1. The first-order chi connectivity index (χ1) is 16.3.